The van der Waals surface area contributed by atoms with Gasteiger partial charge in [0.15, 0.2) is 11.0 Å². The summed E-state index contributed by atoms with van der Waals surface area (Å²) in [5, 5.41) is 8.56. The van der Waals surface area contributed by atoms with Crippen molar-refractivity contribution in [3.05, 3.63) is 5.82 Å². The highest BCUT2D eigenvalue weighted by molar-refractivity contribution is 7.09. The Morgan fingerprint density at radius 2 is 2.50 bits per heavy atom. The van der Waals surface area contributed by atoms with Crippen molar-refractivity contribution in [2.24, 2.45) is 0 Å². The van der Waals surface area contributed by atoms with Gasteiger partial charge >= 0.3 is 5.97 Å². The van der Waals surface area contributed by atoms with Crippen LogP contribution in [0.2, 0.25) is 0 Å². The van der Waals surface area contributed by atoms with Crippen LogP contribution in [0.15, 0.2) is 0 Å². The number of carboxylic acids is 1. The summed E-state index contributed by atoms with van der Waals surface area (Å²) in [5.74, 6) is -0.673. The van der Waals surface area contributed by atoms with Gasteiger partial charge in [-0.15, -0.1) is 0 Å². The van der Waals surface area contributed by atoms with Gasteiger partial charge in [0, 0.05) is 11.5 Å². The lowest BCUT2D eigenvalue weighted by Gasteiger charge is -1.83. The molecular weight excluding hydrogens is 154 g/mol. The Morgan fingerprint density at radius 3 is 2.90 bits per heavy atom. The molecule has 0 unspecified atom stereocenters. The third-order valence-corrected chi connectivity index (χ3v) is 1.37. The van der Waals surface area contributed by atoms with Crippen LogP contribution < -0.4 is 5.73 Å². The summed E-state index contributed by atoms with van der Waals surface area (Å²) in [6.07, 6.45) is -0.159. The second kappa shape index (κ2) is 2.61. The van der Waals surface area contributed by atoms with Gasteiger partial charge in [-0.1, -0.05) is 0 Å². The number of carboxylic acid groups (broad SMARTS) is 1. The molecule has 1 rings (SSSR count). The van der Waals surface area contributed by atoms with E-state index < -0.39 is 5.97 Å². The average Bonchev–Trinajstić information content (AvgIpc) is 2.13. The molecule has 0 radical (unpaired) electrons. The number of aliphatic carboxylic acids is 1. The molecule has 10 heavy (non-hydrogen) atoms. The summed E-state index contributed by atoms with van der Waals surface area (Å²) in [5.41, 5.74) is 5.21. The predicted molar refractivity (Wildman–Crippen MR) is 35.7 cm³/mol. The number of nitrogen functional groups attached to an aromatic ring is 1. The second-order valence-corrected chi connectivity index (χ2v) is 2.40. The Kier molecular flexibility index (Phi) is 1.81. The van der Waals surface area contributed by atoms with Crippen molar-refractivity contribution in [1.29, 1.82) is 0 Å². The van der Waals surface area contributed by atoms with Gasteiger partial charge in [-0.25, -0.2) is 4.98 Å². The van der Waals surface area contributed by atoms with E-state index in [0.717, 1.165) is 11.5 Å². The summed E-state index contributed by atoms with van der Waals surface area (Å²) in [7, 11) is 0. The second-order valence-electron chi connectivity index (χ2n) is 1.62. The third-order valence-electron chi connectivity index (χ3n) is 0.793. The van der Waals surface area contributed by atoms with E-state index in [1.165, 1.54) is 0 Å². The fourth-order valence-electron chi connectivity index (χ4n) is 0.475. The van der Waals surface area contributed by atoms with E-state index in [-0.39, 0.29) is 12.2 Å². The van der Waals surface area contributed by atoms with Crippen LogP contribution in [0.3, 0.4) is 0 Å². The topological polar surface area (TPSA) is 89.1 Å². The number of rotatable bonds is 2. The molecule has 0 aliphatic carbocycles. The molecule has 0 bridgehead atoms. The zero-order chi connectivity index (χ0) is 7.56. The van der Waals surface area contributed by atoms with Crippen LogP contribution in [0.5, 0.6) is 0 Å². The molecule has 3 N–H and O–H groups in total. The number of anilines is 1. The van der Waals surface area contributed by atoms with Crippen LogP contribution >= 0.6 is 11.5 Å². The highest BCUT2D eigenvalue weighted by atomic mass is 32.1. The molecule has 1 aromatic heterocycles. The lowest BCUT2D eigenvalue weighted by atomic mass is 10.4. The van der Waals surface area contributed by atoms with Crippen LogP contribution in [0.25, 0.3) is 0 Å². The lowest BCUT2D eigenvalue weighted by Crippen LogP contribution is -2.01. The van der Waals surface area contributed by atoms with Gasteiger partial charge in [0.2, 0.25) is 0 Å². The van der Waals surface area contributed by atoms with Crippen LogP contribution in [-0.2, 0) is 11.2 Å². The molecule has 0 atom stereocenters. The van der Waals surface area contributed by atoms with Crippen molar-refractivity contribution >= 4 is 22.6 Å². The van der Waals surface area contributed by atoms with Gasteiger partial charge in [0.1, 0.15) is 6.42 Å². The van der Waals surface area contributed by atoms with Crippen LogP contribution in [0.1, 0.15) is 5.82 Å². The first-order valence-corrected chi connectivity index (χ1v) is 3.25. The summed E-state index contributed by atoms with van der Waals surface area (Å²) in [6, 6.07) is 0. The zero-order valence-electron chi connectivity index (χ0n) is 4.94. The molecule has 54 valence electrons. The van der Waals surface area contributed by atoms with E-state index in [9.17, 15) is 4.79 Å². The maximum atomic E-state index is 10.1. The highest BCUT2D eigenvalue weighted by Gasteiger charge is 2.04. The lowest BCUT2D eigenvalue weighted by molar-refractivity contribution is -0.136. The van der Waals surface area contributed by atoms with Gasteiger partial charge in [0.05, 0.1) is 0 Å². The van der Waals surface area contributed by atoms with Crippen molar-refractivity contribution in [2.45, 2.75) is 6.42 Å². The zero-order valence-corrected chi connectivity index (χ0v) is 5.76. The quantitative estimate of drug-likeness (QED) is 0.621. The van der Waals surface area contributed by atoms with E-state index in [1.807, 2.05) is 0 Å². The molecule has 1 heterocycles. The summed E-state index contributed by atoms with van der Waals surface area (Å²) in [4.78, 5) is 13.7. The molecule has 0 fully saturated rings. The molecule has 0 saturated heterocycles. The Hall–Kier alpha value is -1.17. The molecule has 0 aliphatic rings. The third kappa shape index (κ3) is 1.66. The van der Waals surface area contributed by atoms with Gasteiger partial charge in [-0.2, -0.15) is 4.37 Å². The number of aromatic nitrogens is 2. The minimum atomic E-state index is -0.946. The summed E-state index contributed by atoms with van der Waals surface area (Å²) >= 11 is 1.000. The van der Waals surface area contributed by atoms with Gasteiger partial charge in [-0.05, 0) is 0 Å². The fourth-order valence-corrected chi connectivity index (χ4v) is 0.925. The van der Waals surface area contributed by atoms with Crippen molar-refractivity contribution in [3.63, 3.8) is 0 Å². The molecule has 0 amide bonds. The summed E-state index contributed by atoms with van der Waals surface area (Å²) < 4.78 is 3.68. The van der Waals surface area contributed by atoms with Crippen LogP contribution in [0, 0.1) is 0 Å². The number of hydrogen-bond acceptors (Lipinski definition) is 5. The molecule has 0 saturated carbocycles. The first-order chi connectivity index (χ1) is 4.68. The van der Waals surface area contributed by atoms with Crippen molar-refractivity contribution in [3.8, 4) is 0 Å². The molecule has 0 spiro atoms. The normalized spacial score (nSPS) is 9.60. The Bertz CT molecular complexity index is 246. The Labute approximate surface area is 60.7 Å². The molecule has 6 heteroatoms. The Balaban J connectivity index is 2.67. The van der Waals surface area contributed by atoms with Gasteiger partial charge < -0.3 is 10.8 Å². The van der Waals surface area contributed by atoms with Crippen molar-refractivity contribution in [2.75, 3.05) is 5.73 Å². The number of nitrogens with two attached hydrogens (primary N) is 1. The Morgan fingerprint density at radius 1 is 1.80 bits per heavy atom. The van der Waals surface area contributed by atoms with Gasteiger partial charge in [-0.3, -0.25) is 4.79 Å². The maximum Gasteiger partial charge on any atom is 0.311 e. The molecular formula is C4H5N3O2S. The minimum absolute atomic E-state index is 0.159. The van der Waals surface area contributed by atoms with Crippen molar-refractivity contribution < 1.29 is 9.90 Å². The largest absolute Gasteiger partial charge is 0.481 e. The highest BCUT2D eigenvalue weighted by Crippen LogP contribution is 2.05. The number of carbonyl (C=O) groups is 1. The fraction of sp³-hybridized carbons (Fsp3) is 0.250. The van der Waals surface area contributed by atoms with E-state index in [2.05, 4.69) is 9.36 Å². The van der Waals surface area contributed by atoms with Crippen LogP contribution in [-0.4, -0.2) is 20.4 Å². The van der Waals surface area contributed by atoms with E-state index in [1.54, 1.807) is 0 Å². The standard InChI is InChI=1S/C4H5N3O2S/c5-4-6-2(7-10-4)1-3(8)9/h1H2,(H,8,9)(H2,5,6,7). The van der Waals surface area contributed by atoms with Crippen molar-refractivity contribution in [1.82, 2.24) is 9.36 Å². The number of nitrogens with zero attached hydrogens (tertiary/aromatic N) is 2. The first kappa shape index (κ1) is 6.94. The predicted octanol–water partition coefficient (Wildman–Crippen LogP) is -0.253. The van der Waals surface area contributed by atoms with E-state index >= 15 is 0 Å². The number of hydrogen-bond donors (Lipinski definition) is 2. The smallest absolute Gasteiger partial charge is 0.311 e. The molecule has 1 aromatic rings. The first-order valence-electron chi connectivity index (χ1n) is 2.48. The van der Waals surface area contributed by atoms with E-state index in [4.69, 9.17) is 10.8 Å². The summed E-state index contributed by atoms with van der Waals surface area (Å²) in [6.45, 7) is 0. The van der Waals surface area contributed by atoms with E-state index in [0.29, 0.717) is 5.13 Å². The average molecular weight is 159 g/mol. The minimum Gasteiger partial charge on any atom is -0.481 e. The molecule has 0 aromatic carbocycles. The van der Waals surface area contributed by atoms with Gasteiger partial charge in [0.25, 0.3) is 0 Å². The maximum absolute atomic E-state index is 10.1. The monoisotopic (exact) mass is 159 g/mol. The van der Waals surface area contributed by atoms with Crippen LogP contribution in [0.4, 0.5) is 5.13 Å². The SMILES string of the molecule is Nc1nc(CC(=O)O)ns1. The molecule has 0 aliphatic heterocycles. The molecule has 5 nitrogen and oxygen atoms in total.